The van der Waals surface area contributed by atoms with Gasteiger partial charge in [0.2, 0.25) is 0 Å². The number of aromatic amines is 1. The first kappa shape index (κ1) is 23.1. The van der Waals surface area contributed by atoms with E-state index in [4.69, 9.17) is 9.47 Å². The van der Waals surface area contributed by atoms with Gasteiger partial charge in [0.05, 0.1) is 31.0 Å². The van der Waals surface area contributed by atoms with E-state index < -0.39 is 0 Å². The van der Waals surface area contributed by atoms with E-state index in [-0.39, 0.29) is 6.10 Å². The fourth-order valence-electron chi connectivity index (χ4n) is 4.31. The molecule has 8 nitrogen and oxygen atoms in total. The average Bonchev–Trinajstić information content (AvgIpc) is 3.35. The number of ether oxygens (including phenoxy) is 2. The summed E-state index contributed by atoms with van der Waals surface area (Å²) in [6.07, 6.45) is 10.1. The van der Waals surface area contributed by atoms with Crippen LogP contribution in [-0.2, 0) is 4.74 Å². The van der Waals surface area contributed by atoms with Crippen LogP contribution >= 0.6 is 0 Å². The van der Waals surface area contributed by atoms with Crippen molar-refractivity contribution in [3.8, 4) is 34.1 Å². The smallest absolute Gasteiger partial charge is 0.145 e. The monoisotopic (exact) mass is 470 g/mol. The lowest BCUT2D eigenvalue weighted by Gasteiger charge is -2.28. The van der Waals surface area contributed by atoms with Crippen molar-refractivity contribution in [3.05, 3.63) is 66.5 Å². The summed E-state index contributed by atoms with van der Waals surface area (Å²) in [4.78, 5) is 10.2. The molecule has 0 bridgehead atoms. The third-order valence-electron chi connectivity index (χ3n) is 6.61. The van der Waals surface area contributed by atoms with Crippen LogP contribution in [0.4, 0.5) is 0 Å². The van der Waals surface area contributed by atoms with Crippen molar-refractivity contribution in [1.82, 2.24) is 24.6 Å². The van der Waals surface area contributed by atoms with E-state index in [9.17, 15) is 5.26 Å². The van der Waals surface area contributed by atoms with Gasteiger partial charge >= 0.3 is 0 Å². The Kier molecular flexibility index (Phi) is 6.80. The highest BCUT2D eigenvalue weighted by molar-refractivity contribution is 5.68. The number of benzene rings is 1. The molecule has 3 aromatic rings. The number of hydrogen-bond acceptors (Lipinski definition) is 6. The maximum atomic E-state index is 9.69. The second-order valence-electron chi connectivity index (χ2n) is 9.22. The fraction of sp³-hybridized carbons (Fsp3) is 0.370. The van der Waals surface area contributed by atoms with Crippen LogP contribution in [0.3, 0.4) is 0 Å². The third kappa shape index (κ3) is 5.37. The topological polar surface area (TPSA) is 92.0 Å². The molecule has 2 aliphatic heterocycles. The summed E-state index contributed by atoms with van der Waals surface area (Å²) in [5, 5.41) is 14.4. The van der Waals surface area contributed by atoms with Gasteiger partial charge in [0.15, 0.2) is 0 Å². The number of hydrogen-bond donors (Lipinski definition) is 1. The summed E-state index contributed by atoms with van der Waals surface area (Å²) in [6, 6.07) is 12.4. The third-order valence-corrected chi connectivity index (χ3v) is 6.61. The molecular formula is C27H30N6O2. The van der Waals surface area contributed by atoms with Gasteiger partial charge in [0.25, 0.3) is 0 Å². The largest absolute Gasteiger partial charge is 0.484 e. The lowest BCUT2D eigenvalue weighted by Crippen LogP contribution is -2.38. The standard InChI is InChI=1S/C27H30N6O2/c1-19-29-13-21(20-5-6-27(23(11-20)12-28)35-26-17-34-18-26)3-4-22(14-30-19)24-15-31-33(16-24)25-7-9-32(2)10-8-25/h3-6,11,13-16,25-26H,7-10,17-18H2,1-2H3,(H,29,30). The first-order valence-corrected chi connectivity index (χ1v) is 12.0. The zero-order valence-electron chi connectivity index (χ0n) is 20.1. The van der Waals surface area contributed by atoms with E-state index in [1.165, 1.54) is 0 Å². The van der Waals surface area contributed by atoms with Gasteiger partial charge in [-0.25, -0.2) is 4.98 Å². The summed E-state index contributed by atoms with van der Waals surface area (Å²) in [7, 11) is 2.17. The second kappa shape index (κ2) is 10.3. The number of piperidine rings is 1. The zero-order chi connectivity index (χ0) is 24.2. The molecule has 0 saturated carbocycles. The van der Waals surface area contributed by atoms with Crippen LogP contribution in [0, 0.1) is 18.3 Å². The molecule has 2 aromatic heterocycles. The van der Waals surface area contributed by atoms with Crippen LogP contribution in [0.25, 0.3) is 22.3 Å². The van der Waals surface area contributed by atoms with Crippen molar-refractivity contribution in [2.24, 2.45) is 0 Å². The van der Waals surface area contributed by atoms with E-state index in [1.807, 2.05) is 49.8 Å². The molecule has 8 heteroatoms. The van der Waals surface area contributed by atoms with Crippen molar-refractivity contribution < 1.29 is 9.47 Å². The van der Waals surface area contributed by atoms with Gasteiger partial charge < -0.3 is 19.4 Å². The van der Waals surface area contributed by atoms with Crippen molar-refractivity contribution in [2.45, 2.75) is 31.9 Å². The summed E-state index contributed by atoms with van der Waals surface area (Å²) >= 11 is 0. The van der Waals surface area contributed by atoms with Crippen molar-refractivity contribution in [2.75, 3.05) is 33.4 Å². The highest BCUT2D eigenvalue weighted by Crippen LogP contribution is 2.28. The summed E-state index contributed by atoms with van der Waals surface area (Å²) in [5.74, 6) is 1.36. The molecule has 0 radical (unpaired) electrons. The number of likely N-dealkylation sites (tertiary alicyclic amines) is 1. The summed E-state index contributed by atoms with van der Waals surface area (Å²) < 4.78 is 13.2. The first-order chi connectivity index (χ1) is 17.1. The van der Waals surface area contributed by atoms with E-state index in [1.54, 1.807) is 0 Å². The van der Waals surface area contributed by atoms with Crippen LogP contribution in [0.1, 0.15) is 30.3 Å². The number of H-pyrrole nitrogens is 1. The van der Waals surface area contributed by atoms with Gasteiger partial charge in [0.1, 0.15) is 23.7 Å². The van der Waals surface area contributed by atoms with Gasteiger partial charge in [-0.15, -0.1) is 0 Å². The number of aryl methyl sites for hydroxylation is 1. The van der Waals surface area contributed by atoms with Crippen molar-refractivity contribution >= 4 is 0 Å². The highest BCUT2D eigenvalue weighted by Gasteiger charge is 2.22. The van der Waals surface area contributed by atoms with Gasteiger partial charge in [-0.1, -0.05) is 18.2 Å². The molecule has 180 valence electrons. The number of aromatic nitrogens is 4. The minimum absolute atomic E-state index is 0.0124. The van der Waals surface area contributed by atoms with E-state index >= 15 is 0 Å². The van der Waals surface area contributed by atoms with Crippen molar-refractivity contribution in [1.29, 1.82) is 5.26 Å². The molecule has 1 aromatic carbocycles. The normalized spacial score (nSPS) is 16.8. The Bertz CT molecular complexity index is 1280. The molecule has 2 aliphatic rings. The van der Waals surface area contributed by atoms with Gasteiger partial charge in [0, 0.05) is 35.3 Å². The Morgan fingerprint density at radius 1 is 1.06 bits per heavy atom. The van der Waals surface area contributed by atoms with Gasteiger partial charge in [-0.3, -0.25) is 4.68 Å². The van der Waals surface area contributed by atoms with E-state index in [0.717, 1.165) is 54.0 Å². The molecule has 1 N–H and O–H groups in total. The number of nitrogens with one attached hydrogen (secondary N) is 1. The Morgan fingerprint density at radius 3 is 2.57 bits per heavy atom. The molecule has 0 amide bonds. The molecule has 0 unspecified atom stereocenters. The molecule has 0 spiro atoms. The fourth-order valence-corrected chi connectivity index (χ4v) is 4.31. The van der Waals surface area contributed by atoms with Crippen LogP contribution < -0.4 is 4.74 Å². The van der Waals surface area contributed by atoms with Crippen LogP contribution in [0.2, 0.25) is 0 Å². The molecular weight excluding hydrogens is 440 g/mol. The number of nitrogens with zero attached hydrogens (tertiary/aromatic N) is 5. The summed E-state index contributed by atoms with van der Waals surface area (Å²) in [6.45, 7) is 5.23. The van der Waals surface area contributed by atoms with Crippen LogP contribution in [0.5, 0.6) is 5.75 Å². The van der Waals surface area contributed by atoms with Crippen LogP contribution in [-0.4, -0.2) is 64.1 Å². The SMILES string of the molecule is Cc1ncc(-c2ccc(OC3COC3)c(C#N)c2)ccc(-c2cnn(C3CCN(C)CC3)c2)c[nH]1. The Hall–Kier alpha value is -3.67. The predicted octanol–water partition coefficient (Wildman–Crippen LogP) is 4.29. The van der Waals surface area contributed by atoms with E-state index in [2.05, 4.69) is 50.0 Å². The quantitative estimate of drug-likeness (QED) is 0.598. The number of nitriles is 1. The second-order valence-corrected chi connectivity index (χ2v) is 9.22. The molecule has 4 heterocycles. The minimum Gasteiger partial charge on any atom is -0.484 e. The van der Waals surface area contributed by atoms with Gasteiger partial charge in [-0.2, -0.15) is 10.4 Å². The zero-order valence-corrected chi connectivity index (χ0v) is 20.1. The van der Waals surface area contributed by atoms with Gasteiger partial charge in [-0.05, 0) is 57.6 Å². The summed E-state index contributed by atoms with van der Waals surface area (Å²) in [5.41, 5.74) is 4.35. The Morgan fingerprint density at radius 2 is 1.83 bits per heavy atom. The molecule has 2 saturated heterocycles. The first-order valence-electron chi connectivity index (χ1n) is 12.0. The molecule has 0 aliphatic carbocycles. The molecule has 5 rings (SSSR count). The highest BCUT2D eigenvalue weighted by atomic mass is 16.6. The molecule has 2 fully saturated rings. The Labute approximate surface area is 205 Å². The average molecular weight is 471 g/mol. The Balaban J connectivity index is 1.46. The van der Waals surface area contributed by atoms with E-state index in [0.29, 0.717) is 30.6 Å². The maximum absolute atomic E-state index is 9.69. The molecule has 35 heavy (non-hydrogen) atoms. The number of rotatable bonds is 5. The maximum Gasteiger partial charge on any atom is 0.145 e. The minimum atomic E-state index is 0.0124. The molecule has 0 atom stereocenters. The predicted molar refractivity (Wildman–Crippen MR) is 133 cm³/mol. The lowest BCUT2D eigenvalue weighted by molar-refractivity contribution is -0.0797. The van der Waals surface area contributed by atoms with Crippen molar-refractivity contribution in [3.63, 3.8) is 0 Å². The van der Waals surface area contributed by atoms with Crippen LogP contribution in [0.15, 0.2) is 55.1 Å². The lowest BCUT2D eigenvalue weighted by atomic mass is 10.0.